The summed E-state index contributed by atoms with van der Waals surface area (Å²) in [4.78, 5) is 0. The summed E-state index contributed by atoms with van der Waals surface area (Å²) in [5, 5.41) is -0.314. The van der Waals surface area contributed by atoms with E-state index in [-0.39, 0.29) is 5.25 Å². The molecule has 0 bridgehead atoms. The van der Waals surface area contributed by atoms with Crippen LogP contribution in [-0.2, 0) is 14.6 Å². The van der Waals surface area contributed by atoms with E-state index in [1.54, 1.807) is 13.8 Å². The Kier molecular flexibility index (Phi) is 2.54. The lowest BCUT2D eigenvalue weighted by atomic mass is 10.4. The van der Waals surface area contributed by atoms with Gasteiger partial charge in [-0.15, -0.1) is 0 Å². The molecule has 0 aromatic heterocycles. The average molecular weight is 178 g/mol. The first-order chi connectivity index (χ1) is 5.05. The van der Waals surface area contributed by atoms with Gasteiger partial charge in [-0.3, -0.25) is 0 Å². The van der Waals surface area contributed by atoms with Gasteiger partial charge in [-0.2, -0.15) is 0 Å². The Bertz CT molecular complexity index is 212. The van der Waals surface area contributed by atoms with Gasteiger partial charge in [-0.05, 0) is 26.7 Å². The Hall–Kier alpha value is -0.0900. The van der Waals surface area contributed by atoms with E-state index in [2.05, 4.69) is 0 Å². The first-order valence-electron chi connectivity index (χ1n) is 3.89. The van der Waals surface area contributed by atoms with E-state index < -0.39 is 15.3 Å². The second kappa shape index (κ2) is 3.11. The quantitative estimate of drug-likeness (QED) is 0.632. The zero-order valence-corrected chi connectivity index (χ0v) is 7.73. The molecule has 0 amide bonds. The van der Waals surface area contributed by atoms with Crippen LogP contribution in [0.1, 0.15) is 26.7 Å². The van der Waals surface area contributed by atoms with Crippen LogP contribution in [0.4, 0.5) is 0 Å². The van der Waals surface area contributed by atoms with E-state index >= 15 is 0 Å². The monoisotopic (exact) mass is 178 g/mol. The van der Waals surface area contributed by atoms with E-state index in [0.29, 0.717) is 13.0 Å². The molecule has 0 aromatic carbocycles. The van der Waals surface area contributed by atoms with Crippen molar-refractivity contribution < 1.29 is 13.2 Å². The largest absolute Gasteiger partial charge is 0.362 e. The van der Waals surface area contributed by atoms with Gasteiger partial charge >= 0.3 is 0 Å². The van der Waals surface area contributed by atoms with Gasteiger partial charge in [0.1, 0.15) is 0 Å². The summed E-state index contributed by atoms with van der Waals surface area (Å²) < 4.78 is 27.9. The SMILES string of the molecule is CC(C)S(=O)(=O)C1CCCO1. The summed E-state index contributed by atoms with van der Waals surface area (Å²) in [7, 11) is -3.00. The van der Waals surface area contributed by atoms with Gasteiger partial charge in [0.25, 0.3) is 0 Å². The minimum absolute atomic E-state index is 0.314. The van der Waals surface area contributed by atoms with Crippen LogP contribution in [0.15, 0.2) is 0 Å². The maximum absolute atomic E-state index is 11.4. The molecule has 1 rings (SSSR count). The van der Waals surface area contributed by atoms with E-state index in [1.807, 2.05) is 0 Å². The molecule has 11 heavy (non-hydrogen) atoms. The van der Waals surface area contributed by atoms with Crippen molar-refractivity contribution in [3.63, 3.8) is 0 Å². The number of ether oxygens (including phenoxy) is 1. The lowest BCUT2D eigenvalue weighted by Crippen LogP contribution is -2.27. The summed E-state index contributed by atoms with van der Waals surface area (Å²) in [6.07, 6.45) is 1.54. The molecule has 0 saturated carbocycles. The third-order valence-electron chi connectivity index (χ3n) is 1.91. The molecule has 0 N–H and O–H groups in total. The van der Waals surface area contributed by atoms with Crippen molar-refractivity contribution in [1.29, 1.82) is 0 Å². The van der Waals surface area contributed by atoms with Crippen LogP contribution in [0, 0.1) is 0 Å². The zero-order valence-electron chi connectivity index (χ0n) is 6.91. The highest BCUT2D eigenvalue weighted by Gasteiger charge is 2.31. The Morgan fingerprint density at radius 2 is 2.09 bits per heavy atom. The first kappa shape index (κ1) is 9.00. The molecule has 1 fully saturated rings. The van der Waals surface area contributed by atoms with Crippen LogP contribution in [0.25, 0.3) is 0 Å². The summed E-state index contributed by atoms with van der Waals surface area (Å²) in [6, 6.07) is 0. The van der Waals surface area contributed by atoms with Gasteiger partial charge in [-0.1, -0.05) is 0 Å². The highest BCUT2D eigenvalue weighted by molar-refractivity contribution is 7.92. The molecule has 3 nitrogen and oxygen atoms in total. The second-order valence-corrected chi connectivity index (χ2v) is 5.73. The lowest BCUT2D eigenvalue weighted by molar-refractivity contribution is 0.164. The molecule has 0 aromatic rings. The third-order valence-corrected chi connectivity index (χ3v) is 4.33. The van der Waals surface area contributed by atoms with Gasteiger partial charge in [0, 0.05) is 6.61 Å². The van der Waals surface area contributed by atoms with E-state index in [4.69, 9.17) is 4.74 Å². The predicted octanol–water partition coefficient (Wildman–Crippen LogP) is 0.946. The van der Waals surface area contributed by atoms with E-state index in [1.165, 1.54) is 0 Å². The fraction of sp³-hybridized carbons (Fsp3) is 1.00. The van der Waals surface area contributed by atoms with Crippen molar-refractivity contribution in [3.05, 3.63) is 0 Å². The standard InChI is InChI=1S/C7H14O3S/c1-6(2)11(8,9)7-4-3-5-10-7/h6-7H,3-5H2,1-2H3. The molecule has 0 aliphatic carbocycles. The molecule has 66 valence electrons. The van der Waals surface area contributed by atoms with Crippen LogP contribution in [-0.4, -0.2) is 25.7 Å². The number of rotatable bonds is 2. The molecule has 1 atom stereocenters. The molecular formula is C7H14O3S. The van der Waals surface area contributed by atoms with Gasteiger partial charge in [0.15, 0.2) is 15.3 Å². The fourth-order valence-electron chi connectivity index (χ4n) is 1.11. The maximum Gasteiger partial charge on any atom is 0.179 e. The minimum Gasteiger partial charge on any atom is -0.362 e. The summed E-state index contributed by atoms with van der Waals surface area (Å²) in [6.45, 7) is 3.98. The predicted molar refractivity (Wildman–Crippen MR) is 43.0 cm³/mol. The Morgan fingerprint density at radius 1 is 1.45 bits per heavy atom. The average Bonchev–Trinajstić information content (AvgIpc) is 2.37. The molecular weight excluding hydrogens is 164 g/mol. The number of hydrogen-bond acceptors (Lipinski definition) is 3. The molecule has 0 radical (unpaired) electrons. The molecule has 1 aliphatic rings. The van der Waals surface area contributed by atoms with Gasteiger partial charge in [0.2, 0.25) is 0 Å². The van der Waals surface area contributed by atoms with Gasteiger partial charge in [0.05, 0.1) is 5.25 Å². The van der Waals surface area contributed by atoms with Crippen molar-refractivity contribution in [2.45, 2.75) is 37.4 Å². The van der Waals surface area contributed by atoms with Crippen LogP contribution >= 0.6 is 0 Å². The van der Waals surface area contributed by atoms with Crippen molar-refractivity contribution in [2.75, 3.05) is 6.61 Å². The third kappa shape index (κ3) is 1.73. The Balaban J connectivity index is 2.72. The Labute approximate surface area is 67.7 Å². The van der Waals surface area contributed by atoms with Crippen molar-refractivity contribution in [2.24, 2.45) is 0 Å². The van der Waals surface area contributed by atoms with Crippen molar-refractivity contribution in [1.82, 2.24) is 0 Å². The summed E-state index contributed by atoms with van der Waals surface area (Å²) in [5.41, 5.74) is -0.525. The highest BCUT2D eigenvalue weighted by Crippen LogP contribution is 2.21. The molecule has 1 unspecified atom stereocenters. The number of sulfone groups is 1. The smallest absolute Gasteiger partial charge is 0.179 e. The second-order valence-electron chi connectivity index (χ2n) is 3.08. The van der Waals surface area contributed by atoms with Gasteiger partial charge in [-0.25, -0.2) is 8.42 Å². The first-order valence-corrected chi connectivity index (χ1v) is 5.50. The molecule has 1 saturated heterocycles. The van der Waals surface area contributed by atoms with Crippen LogP contribution < -0.4 is 0 Å². The topological polar surface area (TPSA) is 43.4 Å². The molecule has 4 heteroatoms. The number of hydrogen-bond donors (Lipinski definition) is 0. The van der Waals surface area contributed by atoms with Gasteiger partial charge < -0.3 is 4.74 Å². The lowest BCUT2D eigenvalue weighted by Gasteiger charge is -2.13. The molecule has 1 heterocycles. The van der Waals surface area contributed by atoms with E-state index in [0.717, 1.165) is 6.42 Å². The van der Waals surface area contributed by atoms with Crippen LogP contribution in [0.3, 0.4) is 0 Å². The minimum atomic E-state index is -3.00. The van der Waals surface area contributed by atoms with Crippen molar-refractivity contribution in [3.8, 4) is 0 Å². The fourth-order valence-corrected chi connectivity index (χ4v) is 2.50. The summed E-state index contributed by atoms with van der Waals surface area (Å²) >= 11 is 0. The highest BCUT2D eigenvalue weighted by atomic mass is 32.2. The van der Waals surface area contributed by atoms with Crippen LogP contribution in [0.5, 0.6) is 0 Å². The summed E-state index contributed by atoms with van der Waals surface area (Å²) in [5.74, 6) is 0. The Morgan fingerprint density at radius 3 is 2.45 bits per heavy atom. The van der Waals surface area contributed by atoms with Crippen molar-refractivity contribution >= 4 is 9.84 Å². The molecule has 0 spiro atoms. The maximum atomic E-state index is 11.4. The molecule has 1 aliphatic heterocycles. The van der Waals surface area contributed by atoms with E-state index in [9.17, 15) is 8.42 Å². The zero-order chi connectivity index (χ0) is 8.48. The van der Waals surface area contributed by atoms with Crippen LogP contribution in [0.2, 0.25) is 0 Å². The normalized spacial score (nSPS) is 26.3.